The van der Waals surface area contributed by atoms with Gasteiger partial charge in [0.05, 0.1) is 5.92 Å². The van der Waals surface area contributed by atoms with Crippen molar-refractivity contribution in [1.82, 2.24) is 10.3 Å². The largest absolute Gasteiger partial charge is 0.357 e. The van der Waals surface area contributed by atoms with E-state index in [-0.39, 0.29) is 24.2 Å². The topological polar surface area (TPSA) is 65.5 Å². The molecular weight excluding hydrogens is 340 g/mol. The number of hydrogen-bond donors (Lipinski definition) is 1. The molecule has 0 aliphatic carbocycles. The van der Waals surface area contributed by atoms with Gasteiger partial charge in [0, 0.05) is 44.5 Å². The van der Waals surface area contributed by atoms with Gasteiger partial charge in [-0.3, -0.25) is 9.59 Å². The third-order valence-electron chi connectivity index (χ3n) is 5.27. The standard InChI is InChI=1S/C21H24N4O2/c26-20-13-17(15-25(20)18-6-2-1-3-7-18)21(27)23-14-16-8-9-22-19(12-16)24-10-4-5-11-24/h1-3,6-9,12,17H,4-5,10-11,13-15H2,(H,23,27)/t17-/m0/s1. The lowest BCUT2D eigenvalue weighted by atomic mass is 10.1. The van der Waals surface area contributed by atoms with E-state index in [1.165, 1.54) is 12.8 Å². The molecule has 6 heteroatoms. The van der Waals surface area contributed by atoms with Crippen LogP contribution in [0.1, 0.15) is 24.8 Å². The smallest absolute Gasteiger partial charge is 0.227 e. The Labute approximate surface area is 159 Å². The van der Waals surface area contributed by atoms with Crippen LogP contribution in [0.4, 0.5) is 11.5 Å². The molecule has 4 rings (SSSR count). The number of amides is 2. The van der Waals surface area contributed by atoms with Crippen LogP contribution < -0.4 is 15.1 Å². The maximum atomic E-state index is 12.6. The molecule has 1 atom stereocenters. The van der Waals surface area contributed by atoms with Crippen molar-refractivity contribution in [2.75, 3.05) is 29.4 Å². The highest BCUT2D eigenvalue weighted by Gasteiger charge is 2.34. The van der Waals surface area contributed by atoms with Gasteiger partial charge in [-0.25, -0.2) is 4.98 Å². The van der Waals surface area contributed by atoms with Crippen LogP contribution in [0.25, 0.3) is 0 Å². The van der Waals surface area contributed by atoms with Crippen LogP contribution in [0.2, 0.25) is 0 Å². The predicted molar refractivity (Wildman–Crippen MR) is 104 cm³/mol. The Hall–Kier alpha value is -2.89. The Morgan fingerprint density at radius 3 is 2.70 bits per heavy atom. The molecule has 2 aliphatic heterocycles. The second-order valence-corrected chi connectivity index (χ2v) is 7.18. The minimum atomic E-state index is -0.308. The number of anilines is 2. The zero-order valence-electron chi connectivity index (χ0n) is 15.3. The molecule has 2 aromatic rings. The maximum absolute atomic E-state index is 12.6. The highest BCUT2D eigenvalue weighted by molar-refractivity contribution is 6.00. The average Bonchev–Trinajstić information content (AvgIpc) is 3.37. The molecule has 2 saturated heterocycles. The molecule has 2 fully saturated rings. The van der Waals surface area contributed by atoms with E-state index in [1.54, 1.807) is 11.1 Å². The minimum absolute atomic E-state index is 0.00146. The Kier molecular flexibility index (Phi) is 5.05. The van der Waals surface area contributed by atoms with E-state index >= 15 is 0 Å². The molecule has 1 aromatic heterocycles. The molecule has 0 unspecified atom stereocenters. The van der Waals surface area contributed by atoms with E-state index in [0.717, 1.165) is 30.2 Å². The second kappa shape index (κ2) is 7.78. The number of rotatable bonds is 5. The van der Waals surface area contributed by atoms with Gasteiger partial charge in [-0.2, -0.15) is 0 Å². The van der Waals surface area contributed by atoms with Gasteiger partial charge in [0.1, 0.15) is 5.82 Å². The summed E-state index contributed by atoms with van der Waals surface area (Å²) in [5.74, 6) is 0.603. The SMILES string of the molecule is O=C(NCc1ccnc(N2CCCC2)c1)[C@H]1CC(=O)N(c2ccccc2)C1. The quantitative estimate of drug-likeness (QED) is 0.884. The summed E-state index contributed by atoms with van der Waals surface area (Å²) in [4.78, 5) is 33.3. The van der Waals surface area contributed by atoms with Gasteiger partial charge < -0.3 is 15.1 Å². The van der Waals surface area contributed by atoms with E-state index in [4.69, 9.17) is 0 Å². The van der Waals surface area contributed by atoms with Crippen molar-refractivity contribution in [2.24, 2.45) is 5.92 Å². The van der Waals surface area contributed by atoms with Crippen molar-refractivity contribution in [2.45, 2.75) is 25.8 Å². The maximum Gasteiger partial charge on any atom is 0.227 e. The van der Waals surface area contributed by atoms with Crippen molar-refractivity contribution in [3.05, 3.63) is 54.2 Å². The van der Waals surface area contributed by atoms with E-state index in [9.17, 15) is 9.59 Å². The first kappa shape index (κ1) is 17.5. The highest BCUT2D eigenvalue weighted by atomic mass is 16.2. The molecule has 1 aromatic carbocycles. The predicted octanol–water partition coefficient (Wildman–Crippen LogP) is 2.35. The van der Waals surface area contributed by atoms with Gasteiger partial charge in [0.25, 0.3) is 0 Å². The van der Waals surface area contributed by atoms with Gasteiger partial charge in [-0.15, -0.1) is 0 Å². The van der Waals surface area contributed by atoms with Crippen LogP contribution >= 0.6 is 0 Å². The van der Waals surface area contributed by atoms with Gasteiger partial charge in [-0.05, 0) is 42.7 Å². The van der Waals surface area contributed by atoms with Crippen molar-refractivity contribution in [1.29, 1.82) is 0 Å². The summed E-state index contributed by atoms with van der Waals surface area (Å²) in [5, 5.41) is 2.99. The van der Waals surface area contributed by atoms with E-state index < -0.39 is 0 Å². The summed E-state index contributed by atoms with van der Waals surface area (Å²) in [6.45, 7) is 2.98. The van der Waals surface area contributed by atoms with Crippen LogP contribution in [-0.4, -0.2) is 36.4 Å². The third kappa shape index (κ3) is 3.94. The summed E-state index contributed by atoms with van der Waals surface area (Å²) < 4.78 is 0. The van der Waals surface area contributed by atoms with E-state index in [1.807, 2.05) is 42.5 Å². The van der Waals surface area contributed by atoms with Crippen molar-refractivity contribution in [3.8, 4) is 0 Å². The molecule has 0 radical (unpaired) electrons. The van der Waals surface area contributed by atoms with Crippen molar-refractivity contribution in [3.63, 3.8) is 0 Å². The Morgan fingerprint density at radius 2 is 1.93 bits per heavy atom. The fraction of sp³-hybridized carbons (Fsp3) is 0.381. The molecule has 0 bridgehead atoms. The Balaban J connectivity index is 1.35. The van der Waals surface area contributed by atoms with E-state index in [2.05, 4.69) is 15.2 Å². The van der Waals surface area contributed by atoms with Gasteiger partial charge in [0.2, 0.25) is 11.8 Å². The van der Waals surface area contributed by atoms with Gasteiger partial charge in [-0.1, -0.05) is 18.2 Å². The summed E-state index contributed by atoms with van der Waals surface area (Å²) in [6, 6.07) is 13.5. The highest BCUT2D eigenvalue weighted by Crippen LogP contribution is 2.25. The number of hydrogen-bond acceptors (Lipinski definition) is 4. The monoisotopic (exact) mass is 364 g/mol. The van der Waals surface area contributed by atoms with Crippen LogP contribution in [-0.2, 0) is 16.1 Å². The number of pyridine rings is 1. The summed E-state index contributed by atoms with van der Waals surface area (Å²) in [7, 11) is 0. The van der Waals surface area contributed by atoms with Crippen LogP contribution in [0.15, 0.2) is 48.7 Å². The number of nitrogens with one attached hydrogen (secondary N) is 1. The number of aromatic nitrogens is 1. The lowest BCUT2D eigenvalue weighted by Gasteiger charge is -2.18. The third-order valence-corrected chi connectivity index (χ3v) is 5.27. The fourth-order valence-corrected chi connectivity index (χ4v) is 3.76. The first-order valence-electron chi connectivity index (χ1n) is 9.54. The first-order valence-corrected chi connectivity index (χ1v) is 9.54. The number of carbonyl (C=O) groups excluding carboxylic acids is 2. The molecule has 1 N–H and O–H groups in total. The lowest BCUT2D eigenvalue weighted by molar-refractivity contribution is -0.126. The van der Waals surface area contributed by atoms with Gasteiger partial charge in [0.15, 0.2) is 0 Å². The zero-order valence-corrected chi connectivity index (χ0v) is 15.3. The Bertz CT molecular complexity index is 818. The molecule has 27 heavy (non-hydrogen) atoms. The minimum Gasteiger partial charge on any atom is -0.357 e. The first-order chi connectivity index (χ1) is 13.2. The second-order valence-electron chi connectivity index (χ2n) is 7.18. The molecule has 0 saturated carbocycles. The molecule has 0 spiro atoms. The van der Waals surface area contributed by atoms with Gasteiger partial charge >= 0.3 is 0 Å². The summed E-state index contributed by atoms with van der Waals surface area (Å²) in [6.07, 6.45) is 4.47. The lowest BCUT2D eigenvalue weighted by Crippen LogP contribution is -2.32. The molecule has 3 heterocycles. The van der Waals surface area contributed by atoms with Crippen LogP contribution in [0.5, 0.6) is 0 Å². The van der Waals surface area contributed by atoms with Crippen LogP contribution in [0, 0.1) is 5.92 Å². The number of nitrogens with zero attached hydrogens (tertiary/aromatic N) is 3. The Morgan fingerprint density at radius 1 is 1.15 bits per heavy atom. The molecule has 2 amide bonds. The molecule has 6 nitrogen and oxygen atoms in total. The molecule has 140 valence electrons. The van der Waals surface area contributed by atoms with E-state index in [0.29, 0.717) is 13.1 Å². The summed E-state index contributed by atoms with van der Waals surface area (Å²) >= 11 is 0. The molecular formula is C21H24N4O2. The van der Waals surface area contributed by atoms with Crippen molar-refractivity contribution >= 4 is 23.3 Å². The van der Waals surface area contributed by atoms with Crippen LogP contribution in [0.3, 0.4) is 0 Å². The normalized spacial score (nSPS) is 19.6. The number of para-hydroxylation sites is 1. The fourth-order valence-electron chi connectivity index (χ4n) is 3.76. The van der Waals surface area contributed by atoms with Crippen molar-refractivity contribution < 1.29 is 9.59 Å². The molecule has 2 aliphatic rings. The zero-order chi connectivity index (χ0) is 18.6. The summed E-state index contributed by atoms with van der Waals surface area (Å²) in [5.41, 5.74) is 1.88. The number of carbonyl (C=O) groups is 2. The number of benzene rings is 1. The average molecular weight is 364 g/mol.